The first kappa shape index (κ1) is 25.4. The maximum atomic E-state index is 13.6. The minimum Gasteiger partial charge on any atom is -0.494 e. The monoisotopic (exact) mass is 490 g/mol. The predicted molar refractivity (Wildman–Crippen MR) is 128 cm³/mol. The number of methoxy groups -OCH3 is 2. The van der Waals surface area contributed by atoms with E-state index in [2.05, 4.69) is 9.68 Å². The second-order valence-electron chi connectivity index (χ2n) is 8.26. The molecule has 34 heavy (non-hydrogen) atoms. The van der Waals surface area contributed by atoms with Crippen molar-refractivity contribution in [2.45, 2.75) is 44.1 Å². The van der Waals surface area contributed by atoms with Gasteiger partial charge in [-0.3, -0.25) is 10.1 Å². The zero-order valence-corrected chi connectivity index (χ0v) is 20.8. The molecule has 0 bridgehead atoms. The normalized spacial score (nSPS) is 15.7. The molecule has 0 fully saturated rings. The number of nitrogens with one attached hydrogen (secondary N) is 1. The molecule has 0 aliphatic carbocycles. The summed E-state index contributed by atoms with van der Waals surface area (Å²) in [6.45, 7) is 5.30. The molecule has 0 aromatic heterocycles. The van der Waals surface area contributed by atoms with Gasteiger partial charge < -0.3 is 18.9 Å². The standard InChI is InChI=1S/C24H30N2O7S/c1-16(27)26-34(29,18-9-11-21(30-4)22(15-18)31-5)13-7-6-12-32-17-8-10-20-19(14-17)24(2,3)33-23(28)25-20/h8-11,14-15H,6-7,12-13H2,1-5H3,(H,25,28). The summed E-state index contributed by atoms with van der Waals surface area (Å²) in [6.07, 6.45) is 0.644. The Bertz CT molecular complexity index is 1200. The van der Waals surface area contributed by atoms with Crippen molar-refractivity contribution in [3.8, 4) is 17.2 Å². The van der Waals surface area contributed by atoms with E-state index in [9.17, 15) is 13.8 Å². The third-order valence-corrected chi connectivity index (χ3v) is 7.69. The van der Waals surface area contributed by atoms with Gasteiger partial charge in [-0.25, -0.2) is 9.00 Å². The Labute approximate surface area is 199 Å². The summed E-state index contributed by atoms with van der Waals surface area (Å²) in [6, 6.07) is 10.3. The van der Waals surface area contributed by atoms with Crippen LogP contribution in [0.5, 0.6) is 17.2 Å². The number of rotatable bonds is 9. The number of hydrogen-bond acceptors (Lipinski definition) is 7. The molecule has 1 aliphatic rings. The zero-order chi connectivity index (χ0) is 24.9. The molecule has 1 unspecified atom stereocenters. The molecule has 9 nitrogen and oxygen atoms in total. The van der Waals surface area contributed by atoms with Crippen LogP contribution >= 0.6 is 0 Å². The minimum atomic E-state index is -2.97. The van der Waals surface area contributed by atoms with E-state index < -0.39 is 27.3 Å². The molecule has 2 aromatic rings. The van der Waals surface area contributed by atoms with Crippen molar-refractivity contribution < 1.29 is 32.7 Å². The molecule has 1 heterocycles. The van der Waals surface area contributed by atoms with E-state index in [0.717, 1.165) is 5.56 Å². The van der Waals surface area contributed by atoms with Crippen molar-refractivity contribution in [2.75, 3.05) is 31.9 Å². The number of carbonyl (C=O) groups is 2. The third-order valence-electron chi connectivity index (χ3n) is 5.31. The molecule has 1 N–H and O–H groups in total. The highest BCUT2D eigenvalue weighted by Gasteiger charge is 2.33. The molecule has 0 radical (unpaired) electrons. The largest absolute Gasteiger partial charge is 0.494 e. The maximum absolute atomic E-state index is 13.6. The number of hydrogen-bond donors (Lipinski definition) is 1. The van der Waals surface area contributed by atoms with Crippen molar-refractivity contribution >= 4 is 27.4 Å². The van der Waals surface area contributed by atoms with Crippen molar-refractivity contribution in [3.63, 3.8) is 0 Å². The van der Waals surface area contributed by atoms with Crippen LogP contribution in [-0.2, 0) is 24.9 Å². The van der Waals surface area contributed by atoms with Gasteiger partial charge in [0.05, 0.1) is 41.1 Å². The number of anilines is 1. The molecule has 3 rings (SSSR count). The van der Waals surface area contributed by atoms with E-state index in [1.54, 1.807) is 30.3 Å². The molecule has 184 valence electrons. The summed E-state index contributed by atoms with van der Waals surface area (Å²) < 4.78 is 39.3. The molecule has 1 atom stereocenters. The first-order valence-electron chi connectivity index (χ1n) is 10.8. The number of cyclic esters (lactones) is 1. The summed E-state index contributed by atoms with van der Waals surface area (Å²) >= 11 is 0. The van der Waals surface area contributed by atoms with Gasteiger partial charge in [0.25, 0.3) is 5.91 Å². The van der Waals surface area contributed by atoms with Gasteiger partial charge in [-0.2, -0.15) is 4.36 Å². The molecule has 1 aliphatic heterocycles. The second-order valence-corrected chi connectivity index (χ2v) is 10.6. The van der Waals surface area contributed by atoms with Crippen molar-refractivity contribution in [1.29, 1.82) is 0 Å². The Morgan fingerprint density at radius 2 is 1.82 bits per heavy atom. The molecule has 0 saturated carbocycles. The Morgan fingerprint density at radius 3 is 2.50 bits per heavy atom. The van der Waals surface area contributed by atoms with Crippen molar-refractivity contribution in [2.24, 2.45) is 4.36 Å². The fourth-order valence-corrected chi connectivity index (χ4v) is 5.69. The SMILES string of the molecule is COc1ccc(S(=O)(CCCCOc2ccc3c(c2)C(C)(C)OC(=O)N3)=NC(C)=O)cc1OC. The lowest BCUT2D eigenvalue weighted by Gasteiger charge is -2.32. The number of benzene rings is 2. The van der Waals surface area contributed by atoms with Crippen LogP contribution in [0.1, 0.15) is 39.2 Å². The lowest BCUT2D eigenvalue weighted by Crippen LogP contribution is -2.34. The minimum absolute atomic E-state index is 0.197. The number of unbranched alkanes of at least 4 members (excludes halogenated alkanes) is 1. The molecule has 2 aromatic carbocycles. The van der Waals surface area contributed by atoms with Crippen LogP contribution < -0.4 is 19.5 Å². The molecule has 10 heteroatoms. The lowest BCUT2D eigenvalue weighted by atomic mass is 9.94. The molecule has 0 saturated heterocycles. The number of amides is 2. The summed E-state index contributed by atoms with van der Waals surface area (Å²) in [5.41, 5.74) is 0.742. The summed E-state index contributed by atoms with van der Waals surface area (Å²) in [5, 5.41) is 2.68. The van der Waals surface area contributed by atoms with Gasteiger partial charge in [0.2, 0.25) is 0 Å². The lowest BCUT2D eigenvalue weighted by molar-refractivity contribution is -0.115. The summed E-state index contributed by atoms with van der Waals surface area (Å²) in [4.78, 5) is 23.8. The molecule has 0 spiro atoms. The molecular formula is C24H30N2O7S. The Balaban J connectivity index is 1.65. The fraction of sp³-hybridized carbons (Fsp3) is 0.417. The Morgan fingerprint density at radius 1 is 1.09 bits per heavy atom. The van der Waals surface area contributed by atoms with Gasteiger partial charge in [-0.15, -0.1) is 0 Å². The number of carbonyl (C=O) groups excluding carboxylic acids is 2. The van der Waals surface area contributed by atoms with Crippen LogP contribution in [0.4, 0.5) is 10.5 Å². The summed E-state index contributed by atoms with van der Waals surface area (Å²) in [7, 11) is 0.0314. The van der Waals surface area contributed by atoms with Gasteiger partial charge in [0.15, 0.2) is 11.5 Å². The van der Waals surface area contributed by atoms with Crippen LogP contribution in [-0.4, -0.2) is 42.8 Å². The topological polar surface area (TPSA) is 113 Å². The Hall–Kier alpha value is -3.27. The second kappa shape index (κ2) is 10.3. The maximum Gasteiger partial charge on any atom is 0.412 e. The van der Waals surface area contributed by atoms with E-state index in [4.69, 9.17) is 18.9 Å². The van der Waals surface area contributed by atoms with Gasteiger partial charge in [-0.05, 0) is 57.0 Å². The Kier molecular flexibility index (Phi) is 7.71. The van der Waals surface area contributed by atoms with Crippen molar-refractivity contribution in [1.82, 2.24) is 0 Å². The average molecular weight is 491 g/mol. The smallest absolute Gasteiger partial charge is 0.412 e. The number of fused-ring (bicyclic) bond motifs is 1. The molecular weight excluding hydrogens is 460 g/mol. The van der Waals surface area contributed by atoms with E-state index in [1.165, 1.54) is 21.1 Å². The third kappa shape index (κ3) is 5.80. The fourth-order valence-electron chi connectivity index (χ4n) is 3.67. The first-order valence-corrected chi connectivity index (χ1v) is 12.5. The number of ether oxygens (including phenoxy) is 4. The highest BCUT2D eigenvalue weighted by molar-refractivity contribution is 7.94. The van der Waals surface area contributed by atoms with Gasteiger partial charge in [-0.1, -0.05) is 0 Å². The van der Waals surface area contributed by atoms with E-state index in [-0.39, 0.29) is 5.75 Å². The van der Waals surface area contributed by atoms with Crippen LogP contribution in [0.15, 0.2) is 45.7 Å². The quantitative estimate of drug-likeness (QED) is 0.506. The van der Waals surface area contributed by atoms with E-state index in [0.29, 0.717) is 47.3 Å². The number of nitrogens with zero attached hydrogens (tertiary/aromatic N) is 1. The highest BCUT2D eigenvalue weighted by atomic mass is 32.2. The first-order chi connectivity index (χ1) is 16.1. The van der Waals surface area contributed by atoms with Gasteiger partial charge >= 0.3 is 6.09 Å². The van der Waals surface area contributed by atoms with E-state index >= 15 is 0 Å². The van der Waals surface area contributed by atoms with Crippen LogP contribution in [0.2, 0.25) is 0 Å². The van der Waals surface area contributed by atoms with Crippen molar-refractivity contribution in [3.05, 3.63) is 42.0 Å². The van der Waals surface area contributed by atoms with Crippen LogP contribution in [0.25, 0.3) is 0 Å². The van der Waals surface area contributed by atoms with Crippen LogP contribution in [0, 0.1) is 0 Å². The van der Waals surface area contributed by atoms with E-state index in [1.807, 2.05) is 19.9 Å². The van der Waals surface area contributed by atoms with Crippen LogP contribution in [0.3, 0.4) is 0 Å². The predicted octanol–water partition coefficient (Wildman–Crippen LogP) is 4.73. The average Bonchev–Trinajstić information content (AvgIpc) is 2.77. The zero-order valence-electron chi connectivity index (χ0n) is 20.0. The van der Waals surface area contributed by atoms with Gasteiger partial charge in [0.1, 0.15) is 11.4 Å². The molecule has 2 amide bonds. The summed E-state index contributed by atoms with van der Waals surface area (Å²) in [5.74, 6) is 1.26. The highest BCUT2D eigenvalue weighted by Crippen LogP contribution is 2.37. The van der Waals surface area contributed by atoms with Gasteiger partial charge in [0, 0.05) is 24.3 Å².